The zero-order chi connectivity index (χ0) is 15.2. The topological polar surface area (TPSA) is 45.2 Å². The average Bonchev–Trinajstić information content (AvgIpc) is 2.53. The average molecular weight is 289 g/mol. The van der Waals surface area contributed by atoms with Crippen LogP contribution < -0.4 is 10.2 Å². The minimum absolute atomic E-state index is 0.0774. The van der Waals surface area contributed by atoms with Gasteiger partial charge in [-0.3, -0.25) is 4.79 Å². The van der Waals surface area contributed by atoms with Crippen molar-refractivity contribution >= 4 is 11.7 Å². The van der Waals surface area contributed by atoms with Crippen molar-refractivity contribution in [3.8, 4) is 0 Å². The molecule has 1 fully saturated rings. The van der Waals surface area contributed by atoms with Crippen LogP contribution in [0.4, 0.5) is 5.82 Å². The van der Waals surface area contributed by atoms with E-state index >= 15 is 0 Å². The fraction of sp³-hybridized carbons (Fsp3) is 0.647. The van der Waals surface area contributed by atoms with E-state index in [4.69, 9.17) is 0 Å². The molecule has 1 aromatic heterocycles. The van der Waals surface area contributed by atoms with E-state index in [2.05, 4.69) is 36.0 Å². The fourth-order valence-corrected chi connectivity index (χ4v) is 2.98. The quantitative estimate of drug-likeness (QED) is 0.906. The first-order valence-electron chi connectivity index (χ1n) is 8.08. The molecular formula is C17H27N3O. The summed E-state index contributed by atoms with van der Waals surface area (Å²) in [6.45, 7) is 8.22. The highest BCUT2D eigenvalue weighted by Crippen LogP contribution is 2.22. The lowest BCUT2D eigenvalue weighted by atomic mass is 9.95. The SMILES string of the molecule is CCC(NC(=O)C1CCCN(c2ccccn2)C1)C(C)C. The Bertz CT molecular complexity index is 447. The van der Waals surface area contributed by atoms with E-state index < -0.39 is 0 Å². The first kappa shape index (κ1) is 15.8. The third kappa shape index (κ3) is 4.19. The van der Waals surface area contributed by atoms with Gasteiger partial charge in [-0.15, -0.1) is 0 Å². The molecule has 1 aliphatic rings. The third-order valence-corrected chi connectivity index (χ3v) is 4.34. The number of hydrogen-bond donors (Lipinski definition) is 1. The van der Waals surface area contributed by atoms with Crippen LogP contribution in [0.15, 0.2) is 24.4 Å². The van der Waals surface area contributed by atoms with Crippen LogP contribution in [0, 0.1) is 11.8 Å². The van der Waals surface area contributed by atoms with E-state index in [1.54, 1.807) is 0 Å². The molecule has 116 valence electrons. The van der Waals surface area contributed by atoms with E-state index in [9.17, 15) is 4.79 Å². The first-order chi connectivity index (χ1) is 10.1. The lowest BCUT2D eigenvalue weighted by Crippen LogP contribution is -2.47. The third-order valence-electron chi connectivity index (χ3n) is 4.34. The van der Waals surface area contributed by atoms with Gasteiger partial charge in [-0.1, -0.05) is 26.8 Å². The molecule has 0 aromatic carbocycles. The van der Waals surface area contributed by atoms with Gasteiger partial charge in [0.2, 0.25) is 5.91 Å². The van der Waals surface area contributed by atoms with Crippen molar-refractivity contribution in [3.05, 3.63) is 24.4 Å². The molecule has 21 heavy (non-hydrogen) atoms. The molecule has 0 aliphatic carbocycles. The summed E-state index contributed by atoms with van der Waals surface area (Å²) >= 11 is 0. The largest absolute Gasteiger partial charge is 0.356 e. The molecule has 0 spiro atoms. The summed E-state index contributed by atoms with van der Waals surface area (Å²) in [7, 11) is 0. The van der Waals surface area contributed by atoms with Crippen molar-refractivity contribution in [3.63, 3.8) is 0 Å². The van der Waals surface area contributed by atoms with Crippen LogP contribution in [-0.4, -0.2) is 30.0 Å². The Balaban J connectivity index is 1.96. The number of carbonyl (C=O) groups excluding carboxylic acids is 1. The number of carbonyl (C=O) groups is 1. The van der Waals surface area contributed by atoms with Gasteiger partial charge in [0.25, 0.3) is 0 Å². The van der Waals surface area contributed by atoms with Gasteiger partial charge in [-0.2, -0.15) is 0 Å². The normalized spacial score (nSPS) is 20.4. The zero-order valence-corrected chi connectivity index (χ0v) is 13.4. The minimum Gasteiger partial charge on any atom is -0.356 e. The predicted molar refractivity (Wildman–Crippen MR) is 86.2 cm³/mol. The van der Waals surface area contributed by atoms with Crippen molar-refractivity contribution in [2.24, 2.45) is 11.8 Å². The number of nitrogens with zero attached hydrogens (tertiary/aromatic N) is 2. The smallest absolute Gasteiger partial charge is 0.225 e. The number of hydrogen-bond acceptors (Lipinski definition) is 3. The van der Waals surface area contributed by atoms with Crippen molar-refractivity contribution in [2.75, 3.05) is 18.0 Å². The van der Waals surface area contributed by atoms with Crippen LogP contribution in [0.5, 0.6) is 0 Å². The highest BCUT2D eigenvalue weighted by molar-refractivity contribution is 5.79. The molecule has 1 amide bonds. The monoisotopic (exact) mass is 289 g/mol. The molecule has 1 aromatic rings. The Labute approximate surface area is 127 Å². The Kier molecular flexibility index (Phi) is 5.59. The zero-order valence-electron chi connectivity index (χ0n) is 13.4. The van der Waals surface area contributed by atoms with E-state index in [1.807, 2.05) is 24.4 Å². The van der Waals surface area contributed by atoms with Gasteiger partial charge in [0.1, 0.15) is 5.82 Å². The molecule has 0 radical (unpaired) electrons. The van der Waals surface area contributed by atoms with Gasteiger partial charge >= 0.3 is 0 Å². The Morgan fingerprint density at radius 2 is 2.29 bits per heavy atom. The molecule has 4 heteroatoms. The van der Waals surface area contributed by atoms with E-state index in [-0.39, 0.29) is 17.9 Å². The second-order valence-electron chi connectivity index (χ2n) is 6.24. The highest BCUT2D eigenvalue weighted by Gasteiger charge is 2.28. The summed E-state index contributed by atoms with van der Waals surface area (Å²) in [6.07, 6.45) is 4.82. The number of amides is 1. The maximum absolute atomic E-state index is 12.5. The minimum atomic E-state index is 0.0774. The predicted octanol–water partition coefficient (Wildman–Crippen LogP) is 2.85. The number of nitrogens with one attached hydrogen (secondary N) is 1. The Morgan fingerprint density at radius 1 is 1.48 bits per heavy atom. The van der Waals surface area contributed by atoms with Crippen molar-refractivity contribution < 1.29 is 4.79 Å². The van der Waals surface area contributed by atoms with Gasteiger partial charge in [0.15, 0.2) is 0 Å². The Hall–Kier alpha value is -1.58. The molecule has 0 bridgehead atoms. The van der Waals surface area contributed by atoms with Crippen molar-refractivity contribution in [1.29, 1.82) is 0 Å². The van der Waals surface area contributed by atoms with E-state index in [0.717, 1.165) is 38.2 Å². The maximum Gasteiger partial charge on any atom is 0.225 e. The lowest BCUT2D eigenvalue weighted by Gasteiger charge is -2.34. The van der Waals surface area contributed by atoms with Gasteiger partial charge in [-0.25, -0.2) is 4.98 Å². The highest BCUT2D eigenvalue weighted by atomic mass is 16.2. The van der Waals surface area contributed by atoms with E-state index in [0.29, 0.717) is 5.92 Å². The summed E-state index contributed by atoms with van der Waals surface area (Å²) in [6, 6.07) is 6.22. The molecule has 4 nitrogen and oxygen atoms in total. The second-order valence-corrected chi connectivity index (χ2v) is 6.24. The van der Waals surface area contributed by atoms with Gasteiger partial charge in [0.05, 0.1) is 5.92 Å². The molecular weight excluding hydrogens is 262 g/mol. The Morgan fingerprint density at radius 3 is 2.90 bits per heavy atom. The first-order valence-corrected chi connectivity index (χ1v) is 8.08. The summed E-state index contributed by atoms with van der Waals surface area (Å²) in [5, 5.41) is 3.22. The lowest BCUT2D eigenvalue weighted by molar-refractivity contribution is -0.126. The summed E-state index contributed by atoms with van der Waals surface area (Å²) < 4.78 is 0. The number of aromatic nitrogens is 1. The molecule has 1 N–H and O–H groups in total. The molecule has 2 unspecified atom stereocenters. The molecule has 2 heterocycles. The van der Waals surface area contributed by atoms with Crippen LogP contribution in [0.25, 0.3) is 0 Å². The standard InChI is InChI=1S/C17H27N3O/c1-4-15(13(2)3)19-17(21)14-8-7-11-20(12-14)16-9-5-6-10-18-16/h5-6,9-10,13-15H,4,7-8,11-12H2,1-3H3,(H,19,21). The number of anilines is 1. The molecule has 0 saturated carbocycles. The van der Waals surface area contributed by atoms with E-state index in [1.165, 1.54) is 0 Å². The van der Waals surface area contributed by atoms with Crippen molar-refractivity contribution in [1.82, 2.24) is 10.3 Å². The van der Waals surface area contributed by atoms with Gasteiger partial charge in [-0.05, 0) is 37.3 Å². The molecule has 2 rings (SSSR count). The number of piperidine rings is 1. The number of rotatable bonds is 5. The summed E-state index contributed by atoms with van der Waals surface area (Å²) in [5.41, 5.74) is 0. The van der Waals surface area contributed by atoms with Crippen molar-refractivity contribution in [2.45, 2.75) is 46.1 Å². The van der Waals surface area contributed by atoms with Gasteiger partial charge in [0, 0.05) is 25.3 Å². The summed E-state index contributed by atoms with van der Waals surface area (Å²) in [4.78, 5) is 19.1. The van der Waals surface area contributed by atoms with Gasteiger partial charge < -0.3 is 10.2 Å². The fourth-order valence-electron chi connectivity index (χ4n) is 2.98. The maximum atomic E-state index is 12.5. The van der Waals surface area contributed by atoms with Crippen LogP contribution in [-0.2, 0) is 4.79 Å². The van der Waals surface area contributed by atoms with Crippen LogP contribution in [0.1, 0.15) is 40.0 Å². The molecule has 1 aliphatic heterocycles. The van der Waals surface area contributed by atoms with Crippen LogP contribution in [0.3, 0.4) is 0 Å². The number of pyridine rings is 1. The van der Waals surface area contributed by atoms with Crippen LogP contribution >= 0.6 is 0 Å². The summed E-state index contributed by atoms with van der Waals surface area (Å²) in [5.74, 6) is 1.74. The molecule has 1 saturated heterocycles. The molecule has 2 atom stereocenters. The van der Waals surface area contributed by atoms with Crippen LogP contribution in [0.2, 0.25) is 0 Å². The second kappa shape index (κ2) is 7.43.